The van der Waals surface area contributed by atoms with E-state index < -0.39 is 5.54 Å². The van der Waals surface area contributed by atoms with Crippen molar-refractivity contribution in [3.05, 3.63) is 35.4 Å². The summed E-state index contributed by atoms with van der Waals surface area (Å²) < 4.78 is 0. The fourth-order valence-corrected chi connectivity index (χ4v) is 5.14. The topological polar surface area (TPSA) is 35.9 Å². The van der Waals surface area contributed by atoms with Crippen LogP contribution < -0.4 is 0 Å². The number of fused-ring (bicyclic) bond motifs is 2. The summed E-state index contributed by atoms with van der Waals surface area (Å²) in [6, 6.07) is 8.76. The third kappa shape index (κ3) is 2.31. The monoisotopic (exact) mass is 325 g/mol. The van der Waals surface area contributed by atoms with Gasteiger partial charge in [-0.05, 0) is 45.1 Å². The third-order valence-corrected chi connectivity index (χ3v) is 6.20. The highest BCUT2D eigenvalue weighted by atomic mass is 16.2. The van der Waals surface area contributed by atoms with Gasteiger partial charge in [0.05, 0.1) is 0 Å². The molecule has 0 aromatic heterocycles. The molecule has 1 aromatic carbocycles. The fourth-order valence-electron chi connectivity index (χ4n) is 5.14. The highest BCUT2D eigenvalue weighted by Crippen LogP contribution is 2.50. The first-order valence-electron chi connectivity index (χ1n) is 9.20. The van der Waals surface area contributed by atoms with E-state index in [-0.39, 0.29) is 5.91 Å². The van der Waals surface area contributed by atoms with Crippen molar-refractivity contribution in [2.75, 3.05) is 19.6 Å². The van der Waals surface area contributed by atoms with Crippen molar-refractivity contribution in [1.29, 1.82) is 0 Å². The number of hydrogen-bond acceptors (Lipinski definition) is 3. The van der Waals surface area contributed by atoms with Crippen LogP contribution in [0.4, 0.5) is 0 Å². The zero-order valence-electron chi connectivity index (χ0n) is 15.0. The second-order valence-electron chi connectivity index (χ2n) is 7.72. The zero-order valence-corrected chi connectivity index (χ0v) is 15.0. The molecular formula is C20H27N3O. The quantitative estimate of drug-likeness (QED) is 0.857. The number of aryl methyl sites for hydroxylation is 1. The van der Waals surface area contributed by atoms with Gasteiger partial charge in [-0.15, -0.1) is 0 Å². The number of likely N-dealkylation sites (N-methyl/N-ethyl adjacent to an activating group) is 1. The standard InChI is InChI=1S/C20H27N3O/c1-4-23-15(3)21-20(19(23)24)9-8-17-12-22(13-18(17)20)11-16-7-5-6-14(2)10-16/h5-7,10,17-18H,4,8-9,11-13H2,1-3H3/t17-,18+,20-/m0/s1. The summed E-state index contributed by atoms with van der Waals surface area (Å²) in [6.07, 6.45) is 2.07. The van der Waals surface area contributed by atoms with Crippen LogP contribution in [0.25, 0.3) is 0 Å². The van der Waals surface area contributed by atoms with Crippen molar-refractivity contribution in [2.45, 2.75) is 45.7 Å². The summed E-state index contributed by atoms with van der Waals surface area (Å²) in [7, 11) is 0. The Hall–Kier alpha value is -1.68. The van der Waals surface area contributed by atoms with Crippen molar-refractivity contribution in [3.63, 3.8) is 0 Å². The van der Waals surface area contributed by atoms with Crippen LogP contribution in [0.2, 0.25) is 0 Å². The Labute approximate surface area is 144 Å². The lowest BCUT2D eigenvalue weighted by Gasteiger charge is -2.28. The molecule has 1 amide bonds. The van der Waals surface area contributed by atoms with Crippen molar-refractivity contribution >= 4 is 11.7 Å². The molecule has 1 spiro atoms. The summed E-state index contributed by atoms with van der Waals surface area (Å²) in [6.45, 7) is 10.0. The lowest BCUT2D eigenvalue weighted by Crippen LogP contribution is -2.46. The van der Waals surface area contributed by atoms with Crippen LogP contribution in [0.3, 0.4) is 0 Å². The molecule has 0 radical (unpaired) electrons. The van der Waals surface area contributed by atoms with Gasteiger partial charge in [-0.1, -0.05) is 29.8 Å². The molecule has 1 aromatic rings. The largest absolute Gasteiger partial charge is 0.299 e. The van der Waals surface area contributed by atoms with Crippen LogP contribution in [-0.2, 0) is 11.3 Å². The molecule has 2 fully saturated rings. The third-order valence-electron chi connectivity index (χ3n) is 6.20. The molecule has 1 saturated heterocycles. The van der Waals surface area contributed by atoms with Gasteiger partial charge in [0, 0.05) is 32.1 Å². The second-order valence-corrected chi connectivity index (χ2v) is 7.72. The van der Waals surface area contributed by atoms with Crippen LogP contribution in [0, 0.1) is 18.8 Å². The van der Waals surface area contributed by atoms with Crippen molar-refractivity contribution < 1.29 is 4.79 Å². The number of hydrogen-bond donors (Lipinski definition) is 0. The van der Waals surface area contributed by atoms with E-state index in [0.29, 0.717) is 11.8 Å². The van der Waals surface area contributed by atoms with Crippen LogP contribution in [0.15, 0.2) is 29.3 Å². The first kappa shape index (κ1) is 15.8. The fraction of sp³-hybridized carbons (Fsp3) is 0.600. The van der Waals surface area contributed by atoms with Crippen molar-refractivity contribution in [1.82, 2.24) is 9.80 Å². The summed E-state index contributed by atoms with van der Waals surface area (Å²) in [5, 5.41) is 0. The van der Waals surface area contributed by atoms with Gasteiger partial charge in [0.25, 0.3) is 5.91 Å². The van der Waals surface area contributed by atoms with Crippen molar-refractivity contribution in [3.8, 4) is 0 Å². The molecular weight excluding hydrogens is 298 g/mol. The van der Waals surface area contributed by atoms with E-state index in [2.05, 4.69) is 36.1 Å². The summed E-state index contributed by atoms with van der Waals surface area (Å²) in [5.41, 5.74) is 2.23. The minimum Gasteiger partial charge on any atom is -0.299 e. The van der Waals surface area contributed by atoms with Gasteiger partial charge in [-0.3, -0.25) is 19.6 Å². The Balaban J connectivity index is 1.53. The molecule has 3 atom stereocenters. The van der Waals surface area contributed by atoms with E-state index in [1.165, 1.54) is 11.1 Å². The summed E-state index contributed by atoms with van der Waals surface area (Å²) >= 11 is 0. The molecule has 24 heavy (non-hydrogen) atoms. The number of aliphatic imine (C=N–C) groups is 1. The molecule has 0 unspecified atom stereocenters. The molecule has 128 valence electrons. The molecule has 0 bridgehead atoms. The number of carbonyl (C=O) groups is 1. The number of benzene rings is 1. The number of amidine groups is 1. The first-order valence-corrected chi connectivity index (χ1v) is 9.20. The number of nitrogens with zero attached hydrogens (tertiary/aromatic N) is 3. The summed E-state index contributed by atoms with van der Waals surface area (Å²) in [5.74, 6) is 2.18. The van der Waals surface area contributed by atoms with E-state index in [9.17, 15) is 4.79 Å². The van der Waals surface area contributed by atoms with E-state index in [1.54, 1.807) is 0 Å². The average molecular weight is 325 g/mol. The minimum absolute atomic E-state index is 0.257. The average Bonchev–Trinajstić information content (AvgIpc) is 3.15. The molecule has 1 saturated carbocycles. The highest BCUT2D eigenvalue weighted by molar-refractivity contribution is 6.07. The maximum atomic E-state index is 13.0. The van der Waals surface area contributed by atoms with E-state index in [4.69, 9.17) is 4.99 Å². The predicted octanol–water partition coefficient (Wildman–Crippen LogP) is 2.86. The van der Waals surface area contributed by atoms with E-state index >= 15 is 0 Å². The molecule has 0 N–H and O–H groups in total. The smallest absolute Gasteiger partial charge is 0.256 e. The van der Waals surface area contributed by atoms with Gasteiger partial charge < -0.3 is 0 Å². The molecule has 1 aliphatic carbocycles. The van der Waals surface area contributed by atoms with Gasteiger partial charge in [0.1, 0.15) is 11.4 Å². The molecule has 4 rings (SSSR count). The van der Waals surface area contributed by atoms with E-state index in [0.717, 1.165) is 44.9 Å². The lowest BCUT2D eigenvalue weighted by atomic mass is 9.85. The maximum absolute atomic E-state index is 13.0. The first-order chi connectivity index (χ1) is 11.5. The maximum Gasteiger partial charge on any atom is 0.256 e. The molecule has 3 aliphatic rings. The van der Waals surface area contributed by atoms with Crippen LogP contribution in [0.5, 0.6) is 0 Å². The predicted molar refractivity (Wildman–Crippen MR) is 95.9 cm³/mol. The Morgan fingerprint density at radius 1 is 1.29 bits per heavy atom. The van der Waals surface area contributed by atoms with Crippen molar-refractivity contribution in [2.24, 2.45) is 16.8 Å². The highest BCUT2D eigenvalue weighted by Gasteiger charge is 2.60. The minimum atomic E-state index is -0.452. The number of rotatable bonds is 3. The molecule has 4 nitrogen and oxygen atoms in total. The van der Waals surface area contributed by atoms with Gasteiger partial charge in [-0.2, -0.15) is 0 Å². The van der Waals surface area contributed by atoms with Gasteiger partial charge in [0.2, 0.25) is 0 Å². The number of likely N-dealkylation sites (tertiary alicyclic amines) is 1. The Bertz CT molecular complexity index is 698. The Kier molecular flexibility index (Phi) is 3.75. The van der Waals surface area contributed by atoms with Crippen LogP contribution in [0.1, 0.15) is 37.8 Å². The molecule has 4 heteroatoms. The van der Waals surface area contributed by atoms with Crippen LogP contribution >= 0.6 is 0 Å². The number of amides is 1. The SMILES string of the molecule is CCN1C(=O)[C@@]2(CC[C@H]3CN(Cc4cccc(C)c4)C[C@H]32)N=C1C. The summed E-state index contributed by atoms with van der Waals surface area (Å²) in [4.78, 5) is 22.3. The Morgan fingerprint density at radius 3 is 2.83 bits per heavy atom. The lowest BCUT2D eigenvalue weighted by molar-refractivity contribution is -0.132. The molecule has 2 heterocycles. The zero-order chi connectivity index (χ0) is 16.9. The number of carbonyl (C=O) groups excluding carboxylic acids is 1. The second kappa shape index (κ2) is 5.69. The molecule has 2 aliphatic heterocycles. The van der Waals surface area contributed by atoms with Gasteiger partial charge in [0.15, 0.2) is 0 Å². The van der Waals surface area contributed by atoms with Crippen LogP contribution in [-0.4, -0.2) is 46.7 Å². The normalized spacial score (nSPS) is 32.7. The van der Waals surface area contributed by atoms with Gasteiger partial charge in [-0.25, -0.2) is 0 Å². The van der Waals surface area contributed by atoms with Gasteiger partial charge >= 0.3 is 0 Å². The Morgan fingerprint density at radius 2 is 2.12 bits per heavy atom. The van der Waals surface area contributed by atoms with E-state index in [1.807, 2.05) is 18.7 Å².